The van der Waals surface area contributed by atoms with Crippen LogP contribution in [0.5, 0.6) is 0 Å². The molecule has 0 radical (unpaired) electrons. The molecule has 0 saturated carbocycles. The fourth-order valence-corrected chi connectivity index (χ4v) is 2.37. The van der Waals surface area contributed by atoms with Gasteiger partial charge >= 0.3 is 0 Å². The van der Waals surface area contributed by atoms with Gasteiger partial charge in [0.05, 0.1) is 0 Å². The van der Waals surface area contributed by atoms with E-state index in [-0.39, 0.29) is 17.6 Å². The number of rotatable bonds is 5. The molecular weight excluding hydrogens is 280 g/mol. The van der Waals surface area contributed by atoms with Crippen LogP contribution in [0.1, 0.15) is 11.1 Å². The minimum absolute atomic E-state index is 0.0115. The van der Waals surface area contributed by atoms with Crippen molar-refractivity contribution in [1.82, 2.24) is 0 Å². The highest BCUT2D eigenvalue weighted by Crippen LogP contribution is 2.20. The molecule has 4 heteroatoms. The van der Waals surface area contributed by atoms with Crippen molar-refractivity contribution in [1.29, 1.82) is 0 Å². The molecule has 1 nitrogen and oxygen atoms in total. The standard InChI is InChI=1S/C16H16ClF2N/c17-14-6-5-13(16(19)9-14)8-11(10-20)7-12-3-1-2-4-15(12)18/h1-6,9,11H,7-8,10,20H2. The van der Waals surface area contributed by atoms with Crippen molar-refractivity contribution in [3.63, 3.8) is 0 Å². The Bertz CT molecular complexity index is 586. The molecular formula is C16H16ClF2N. The Morgan fingerprint density at radius 3 is 2.20 bits per heavy atom. The lowest BCUT2D eigenvalue weighted by molar-refractivity contribution is 0.497. The molecule has 0 heterocycles. The van der Waals surface area contributed by atoms with Crippen molar-refractivity contribution in [2.75, 3.05) is 6.54 Å². The van der Waals surface area contributed by atoms with Gasteiger partial charge in [0.1, 0.15) is 11.6 Å². The summed E-state index contributed by atoms with van der Waals surface area (Å²) in [4.78, 5) is 0. The van der Waals surface area contributed by atoms with Crippen LogP contribution < -0.4 is 5.73 Å². The first-order chi connectivity index (χ1) is 9.60. The Labute approximate surface area is 122 Å². The highest BCUT2D eigenvalue weighted by atomic mass is 35.5. The van der Waals surface area contributed by atoms with Crippen molar-refractivity contribution >= 4 is 11.6 Å². The monoisotopic (exact) mass is 295 g/mol. The molecule has 2 aromatic rings. The van der Waals surface area contributed by atoms with Gasteiger partial charge in [-0.25, -0.2) is 8.78 Å². The maximum absolute atomic E-state index is 13.8. The minimum atomic E-state index is -0.343. The zero-order valence-electron chi connectivity index (χ0n) is 11.0. The van der Waals surface area contributed by atoms with Crippen LogP contribution in [-0.2, 0) is 12.8 Å². The summed E-state index contributed by atoms with van der Waals surface area (Å²) >= 11 is 5.72. The number of nitrogens with two attached hydrogens (primary N) is 1. The molecule has 1 unspecified atom stereocenters. The summed E-state index contributed by atoms with van der Waals surface area (Å²) < 4.78 is 27.4. The molecule has 0 aliphatic rings. The highest BCUT2D eigenvalue weighted by molar-refractivity contribution is 6.30. The molecule has 2 aromatic carbocycles. The third kappa shape index (κ3) is 3.78. The molecule has 20 heavy (non-hydrogen) atoms. The van der Waals surface area contributed by atoms with Gasteiger partial charge in [-0.05, 0) is 54.6 Å². The van der Waals surface area contributed by atoms with Gasteiger partial charge in [0, 0.05) is 5.02 Å². The Morgan fingerprint density at radius 2 is 1.60 bits per heavy atom. The molecule has 0 bridgehead atoms. The van der Waals surface area contributed by atoms with E-state index in [4.69, 9.17) is 17.3 Å². The maximum Gasteiger partial charge on any atom is 0.127 e. The molecule has 0 spiro atoms. The minimum Gasteiger partial charge on any atom is -0.330 e. The van der Waals surface area contributed by atoms with Crippen molar-refractivity contribution in [2.24, 2.45) is 11.7 Å². The summed E-state index contributed by atoms with van der Waals surface area (Å²) in [6, 6.07) is 11.2. The lowest BCUT2D eigenvalue weighted by Crippen LogP contribution is -2.20. The molecule has 2 N–H and O–H groups in total. The smallest absolute Gasteiger partial charge is 0.127 e. The summed E-state index contributed by atoms with van der Waals surface area (Å²) in [5.74, 6) is -0.602. The van der Waals surface area contributed by atoms with E-state index in [0.29, 0.717) is 35.5 Å². The number of hydrogen-bond acceptors (Lipinski definition) is 1. The molecule has 0 amide bonds. The predicted octanol–water partition coefficient (Wildman–Crippen LogP) is 3.98. The lowest BCUT2D eigenvalue weighted by Gasteiger charge is -2.16. The number of halogens is 3. The van der Waals surface area contributed by atoms with Crippen LogP contribution in [0.2, 0.25) is 5.02 Å². The van der Waals surface area contributed by atoms with E-state index < -0.39 is 0 Å². The first-order valence-corrected chi connectivity index (χ1v) is 6.85. The summed E-state index contributed by atoms with van der Waals surface area (Å²) in [6.45, 7) is 0.371. The third-order valence-corrected chi connectivity index (χ3v) is 3.56. The van der Waals surface area contributed by atoms with Crippen LogP contribution >= 0.6 is 11.6 Å². The molecule has 0 aliphatic heterocycles. The molecule has 106 valence electrons. The van der Waals surface area contributed by atoms with Gasteiger partial charge in [-0.15, -0.1) is 0 Å². The summed E-state index contributed by atoms with van der Waals surface area (Å²) in [6.07, 6.45) is 0.957. The first-order valence-electron chi connectivity index (χ1n) is 6.47. The van der Waals surface area contributed by atoms with Crippen LogP contribution in [0.25, 0.3) is 0 Å². The Kier molecular flexibility index (Phi) is 5.10. The van der Waals surface area contributed by atoms with Crippen LogP contribution in [-0.4, -0.2) is 6.54 Å². The number of benzene rings is 2. The quantitative estimate of drug-likeness (QED) is 0.887. The summed E-state index contributed by atoms with van der Waals surface area (Å²) in [5.41, 5.74) is 6.89. The lowest BCUT2D eigenvalue weighted by atomic mass is 9.92. The second-order valence-electron chi connectivity index (χ2n) is 4.84. The van der Waals surface area contributed by atoms with Crippen LogP contribution in [0.15, 0.2) is 42.5 Å². The van der Waals surface area contributed by atoms with Crippen LogP contribution in [0.3, 0.4) is 0 Å². The SMILES string of the molecule is NCC(Cc1ccccc1F)Cc1ccc(Cl)cc1F. The van der Waals surface area contributed by atoms with Crippen LogP contribution in [0, 0.1) is 17.6 Å². The first kappa shape index (κ1) is 14.9. The Balaban J connectivity index is 2.11. The van der Waals surface area contributed by atoms with Crippen molar-refractivity contribution in [2.45, 2.75) is 12.8 Å². The van der Waals surface area contributed by atoms with E-state index in [9.17, 15) is 8.78 Å². The molecule has 0 aliphatic carbocycles. The van der Waals surface area contributed by atoms with Gasteiger partial charge in [0.15, 0.2) is 0 Å². The average molecular weight is 296 g/mol. The second kappa shape index (κ2) is 6.82. The van der Waals surface area contributed by atoms with Crippen molar-refractivity contribution in [3.05, 3.63) is 70.2 Å². The normalized spacial score (nSPS) is 12.4. The fraction of sp³-hybridized carbons (Fsp3) is 0.250. The highest BCUT2D eigenvalue weighted by Gasteiger charge is 2.14. The number of hydrogen-bond donors (Lipinski definition) is 1. The van der Waals surface area contributed by atoms with E-state index in [1.165, 1.54) is 12.1 Å². The van der Waals surface area contributed by atoms with Gasteiger partial charge in [0.2, 0.25) is 0 Å². The predicted molar refractivity (Wildman–Crippen MR) is 77.8 cm³/mol. The van der Waals surface area contributed by atoms with Crippen molar-refractivity contribution in [3.8, 4) is 0 Å². The van der Waals surface area contributed by atoms with E-state index in [0.717, 1.165) is 0 Å². The molecule has 0 aromatic heterocycles. The van der Waals surface area contributed by atoms with Gasteiger partial charge in [-0.1, -0.05) is 35.9 Å². The fourth-order valence-electron chi connectivity index (χ4n) is 2.21. The van der Waals surface area contributed by atoms with Gasteiger partial charge in [-0.2, -0.15) is 0 Å². The molecule has 0 fully saturated rings. The zero-order valence-corrected chi connectivity index (χ0v) is 11.7. The maximum atomic E-state index is 13.8. The van der Waals surface area contributed by atoms with E-state index in [2.05, 4.69) is 0 Å². The Hall–Kier alpha value is -1.45. The average Bonchev–Trinajstić information content (AvgIpc) is 2.43. The summed E-state index contributed by atoms with van der Waals surface area (Å²) in [7, 11) is 0. The molecule has 2 rings (SSSR count). The second-order valence-corrected chi connectivity index (χ2v) is 5.27. The van der Waals surface area contributed by atoms with E-state index >= 15 is 0 Å². The molecule has 0 saturated heterocycles. The largest absolute Gasteiger partial charge is 0.330 e. The summed E-state index contributed by atoms with van der Waals surface area (Å²) in [5, 5.41) is 0.365. The van der Waals surface area contributed by atoms with Gasteiger partial charge in [0.25, 0.3) is 0 Å². The van der Waals surface area contributed by atoms with Crippen molar-refractivity contribution < 1.29 is 8.78 Å². The zero-order chi connectivity index (χ0) is 14.5. The van der Waals surface area contributed by atoms with Gasteiger partial charge < -0.3 is 5.73 Å². The third-order valence-electron chi connectivity index (χ3n) is 3.32. The van der Waals surface area contributed by atoms with Crippen LogP contribution in [0.4, 0.5) is 8.78 Å². The van der Waals surface area contributed by atoms with E-state index in [1.54, 1.807) is 30.3 Å². The van der Waals surface area contributed by atoms with Gasteiger partial charge in [-0.3, -0.25) is 0 Å². The Morgan fingerprint density at radius 1 is 0.950 bits per heavy atom. The van der Waals surface area contributed by atoms with E-state index in [1.807, 2.05) is 0 Å². The topological polar surface area (TPSA) is 26.0 Å². The molecule has 1 atom stereocenters.